The largest absolute Gasteiger partial charge is 0.510 e. The van der Waals surface area contributed by atoms with Gasteiger partial charge in [0, 0.05) is 54.7 Å². The van der Waals surface area contributed by atoms with E-state index in [0.717, 1.165) is 19.3 Å². The number of ether oxygens (including phenoxy) is 2. The molecular weight excluding hydrogens is 515 g/mol. The molecule has 1 aliphatic heterocycles. The van der Waals surface area contributed by atoms with Gasteiger partial charge in [-0.2, -0.15) is 5.10 Å². The van der Waals surface area contributed by atoms with Crippen molar-refractivity contribution in [3.05, 3.63) is 81.4 Å². The first-order valence-corrected chi connectivity index (χ1v) is 13.3. The van der Waals surface area contributed by atoms with Gasteiger partial charge in [-0.05, 0) is 43.0 Å². The highest BCUT2D eigenvalue weighted by Crippen LogP contribution is 2.31. The van der Waals surface area contributed by atoms with Crippen LogP contribution in [0.4, 0.5) is 10.1 Å². The van der Waals surface area contributed by atoms with Gasteiger partial charge in [-0.15, -0.1) is 0 Å². The van der Waals surface area contributed by atoms with Crippen molar-refractivity contribution in [2.75, 3.05) is 11.9 Å². The minimum absolute atomic E-state index is 0.0438. The number of aryl methyl sites for hydroxylation is 1. The molecule has 10 heteroatoms. The highest BCUT2D eigenvalue weighted by atomic mass is 19.1. The molecule has 1 aliphatic rings. The maximum absolute atomic E-state index is 15.9. The van der Waals surface area contributed by atoms with Gasteiger partial charge in [0.1, 0.15) is 5.76 Å². The Balaban J connectivity index is 1.55. The molecule has 9 nitrogen and oxygen atoms in total. The van der Waals surface area contributed by atoms with Gasteiger partial charge < -0.3 is 24.3 Å². The monoisotopic (exact) mass is 548 g/mol. The molecule has 2 N–H and O–H groups in total. The Morgan fingerprint density at radius 2 is 2.05 bits per heavy atom. The van der Waals surface area contributed by atoms with E-state index in [1.54, 1.807) is 34.6 Å². The third-order valence-electron chi connectivity index (χ3n) is 6.91. The molecule has 4 heterocycles. The Morgan fingerprint density at radius 3 is 2.73 bits per heavy atom. The summed E-state index contributed by atoms with van der Waals surface area (Å²) >= 11 is 0. The summed E-state index contributed by atoms with van der Waals surface area (Å²) in [5, 5.41) is 18.1. The lowest BCUT2D eigenvalue weighted by Gasteiger charge is -2.23. The molecule has 5 rings (SSSR count). The SMILES string of the molecule is Cn1cc(-c2cc(COC3CCCCO3)cc(NC(=O)c3cc(=C(O)C(C)(C)C)n4ccc(=O)cc34)c2F)cn1. The third-order valence-corrected chi connectivity index (χ3v) is 6.91. The molecule has 3 aromatic heterocycles. The molecule has 0 spiro atoms. The summed E-state index contributed by atoms with van der Waals surface area (Å²) in [5.74, 6) is -1.20. The summed E-state index contributed by atoms with van der Waals surface area (Å²) < 4.78 is 30.6. The van der Waals surface area contributed by atoms with Gasteiger partial charge in [0.05, 0.1) is 34.9 Å². The Morgan fingerprint density at radius 1 is 1.25 bits per heavy atom. The number of anilines is 1. The molecule has 0 radical (unpaired) electrons. The number of fused-ring (bicyclic) bond motifs is 1. The number of halogens is 1. The zero-order valence-corrected chi connectivity index (χ0v) is 23.0. The summed E-state index contributed by atoms with van der Waals surface area (Å²) in [5.41, 5.74) is 0.932. The van der Waals surface area contributed by atoms with Crippen LogP contribution >= 0.6 is 0 Å². The summed E-state index contributed by atoms with van der Waals surface area (Å²) in [7, 11) is 1.74. The number of carbonyl (C=O) groups is 1. The normalized spacial score (nSPS) is 16.8. The molecule has 1 saturated heterocycles. The Bertz CT molecular complexity index is 1680. The van der Waals surface area contributed by atoms with Crippen LogP contribution in [0, 0.1) is 11.2 Å². The highest BCUT2D eigenvalue weighted by molar-refractivity contribution is 6.09. The van der Waals surface area contributed by atoms with E-state index in [9.17, 15) is 14.7 Å². The molecule has 4 aromatic rings. The predicted octanol–water partition coefficient (Wildman–Crippen LogP) is 4.57. The Labute approximate surface area is 230 Å². The van der Waals surface area contributed by atoms with E-state index < -0.39 is 17.1 Å². The van der Waals surface area contributed by atoms with Gasteiger partial charge in [0.2, 0.25) is 0 Å². The van der Waals surface area contributed by atoms with Crippen LogP contribution in [0.3, 0.4) is 0 Å². The van der Waals surface area contributed by atoms with Crippen molar-refractivity contribution in [1.29, 1.82) is 0 Å². The van der Waals surface area contributed by atoms with Crippen LogP contribution in [0.5, 0.6) is 0 Å². The molecule has 1 atom stereocenters. The van der Waals surface area contributed by atoms with Crippen LogP contribution in [0.2, 0.25) is 0 Å². The number of nitrogens with zero attached hydrogens (tertiary/aromatic N) is 3. The van der Waals surface area contributed by atoms with Crippen LogP contribution in [0.1, 0.15) is 56.0 Å². The molecular formula is C30H33FN4O5. The maximum atomic E-state index is 15.9. The van der Waals surface area contributed by atoms with Crippen molar-refractivity contribution in [2.24, 2.45) is 12.5 Å². The lowest BCUT2D eigenvalue weighted by molar-refractivity contribution is -0.168. The van der Waals surface area contributed by atoms with Crippen molar-refractivity contribution in [2.45, 2.75) is 52.9 Å². The number of hydrogen-bond acceptors (Lipinski definition) is 6. The van der Waals surface area contributed by atoms with Crippen LogP contribution in [0.15, 0.2) is 53.7 Å². The zero-order chi connectivity index (χ0) is 28.6. The third kappa shape index (κ3) is 5.64. The first-order valence-electron chi connectivity index (χ1n) is 13.3. The van der Waals surface area contributed by atoms with Crippen LogP contribution in [0.25, 0.3) is 22.4 Å². The van der Waals surface area contributed by atoms with Crippen molar-refractivity contribution in [3.8, 4) is 11.1 Å². The van der Waals surface area contributed by atoms with E-state index >= 15 is 4.39 Å². The fraction of sp³-hybridized carbons (Fsp3) is 0.367. The predicted molar refractivity (Wildman–Crippen MR) is 149 cm³/mol. The van der Waals surface area contributed by atoms with Crippen molar-refractivity contribution < 1.29 is 23.8 Å². The number of aliphatic hydroxyl groups is 1. The smallest absolute Gasteiger partial charge is 0.257 e. The summed E-state index contributed by atoms with van der Waals surface area (Å²) in [4.78, 5) is 25.8. The Hall–Kier alpha value is -4.02. The van der Waals surface area contributed by atoms with Crippen molar-refractivity contribution in [3.63, 3.8) is 0 Å². The molecule has 1 fully saturated rings. The molecule has 1 amide bonds. The average molecular weight is 549 g/mol. The second kappa shape index (κ2) is 10.9. The quantitative estimate of drug-likeness (QED) is 0.366. The molecule has 210 valence electrons. The van der Waals surface area contributed by atoms with E-state index in [-0.39, 0.29) is 40.9 Å². The summed E-state index contributed by atoms with van der Waals surface area (Å²) in [6.45, 7) is 6.31. The summed E-state index contributed by atoms with van der Waals surface area (Å²) in [6, 6.07) is 7.40. The fourth-order valence-corrected chi connectivity index (χ4v) is 4.78. The number of aliphatic hydroxyl groups excluding tert-OH is 1. The van der Waals surface area contributed by atoms with Gasteiger partial charge in [-0.25, -0.2) is 4.39 Å². The fourth-order valence-electron chi connectivity index (χ4n) is 4.78. The second-order valence-electron chi connectivity index (χ2n) is 11.1. The van der Waals surface area contributed by atoms with E-state index in [1.165, 1.54) is 30.5 Å². The maximum Gasteiger partial charge on any atom is 0.257 e. The minimum atomic E-state index is -0.628. The molecule has 0 aliphatic carbocycles. The number of aromatic nitrogens is 3. The minimum Gasteiger partial charge on any atom is -0.510 e. The average Bonchev–Trinajstić information content (AvgIpc) is 3.52. The van der Waals surface area contributed by atoms with E-state index in [4.69, 9.17) is 9.47 Å². The van der Waals surface area contributed by atoms with Crippen molar-refractivity contribution >= 4 is 22.9 Å². The van der Waals surface area contributed by atoms with Crippen LogP contribution in [-0.4, -0.2) is 38.1 Å². The first kappa shape index (κ1) is 27.5. The van der Waals surface area contributed by atoms with E-state index in [1.807, 2.05) is 20.8 Å². The number of amides is 1. The van der Waals surface area contributed by atoms with E-state index in [0.29, 0.717) is 28.6 Å². The number of benzene rings is 1. The number of rotatable bonds is 6. The van der Waals surface area contributed by atoms with E-state index in [2.05, 4.69) is 10.4 Å². The van der Waals surface area contributed by atoms with Gasteiger partial charge in [-0.1, -0.05) is 20.8 Å². The Kier molecular flexibility index (Phi) is 7.48. The number of carbonyl (C=O) groups excluding carboxylic acids is 1. The zero-order valence-electron chi connectivity index (χ0n) is 23.0. The number of pyridine rings is 1. The lowest BCUT2D eigenvalue weighted by atomic mass is 9.93. The van der Waals surface area contributed by atoms with Gasteiger partial charge in [0.15, 0.2) is 17.5 Å². The lowest BCUT2D eigenvalue weighted by Crippen LogP contribution is -2.22. The molecule has 1 aromatic carbocycles. The number of nitrogens with one attached hydrogen (secondary N) is 1. The van der Waals surface area contributed by atoms with Gasteiger partial charge in [0.25, 0.3) is 5.91 Å². The van der Waals surface area contributed by atoms with Gasteiger partial charge in [-0.3, -0.25) is 14.3 Å². The van der Waals surface area contributed by atoms with Gasteiger partial charge >= 0.3 is 0 Å². The summed E-state index contributed by atoms with van der Waals surface area (Å²) in [6.07, 6.45) is 7.20. The number of hydrogen-bond donors (Lipinski definition) is 2. The second-order valence-corrected chi connectivity index (χ2v) is 11.1. The molecule has 0 bridgehead atoms. The highest BCUT2D eigenvalue weighted by Gasteiger charge is 2.23. The molecule has 1 unspecified atom stereocenters. The molecule has 40 heavy (non-hydrogen) atoms. The van der Waals surface area contributed by atoms with Crippen molar-refractivity contribution in [1.82, 2.24) is 14.2 Å². The molecule has 0 saturated carbocycles. The van der Waals surface area contributed by atoms with Crippen LogP contribution in [-0.2, 0) is 23.1 Å². The standard InChI is InChI=1S/C30H33FN4O5/c1-30(2,3)28(37)25-14-22(24-13-20(36)8-9-35(24)25)29(38)33-23-12-18(17-40-26-7-5-6-10-39-26)11-21(27(23)31)19-15-32-34(4)16-19/h8-9,11-16,26,37H,5-7,10,17H2,1-4H3,(H,33,38). The topological polar surface area (TPSA) is 107 Å². The van der Waals surface area contributed by atoms with Crippen LogP contribution < -0.4 is 16.1 Å². The first-order chi connectivity index (χ1) is 19.0.